The third-order valence-electron chi connectivity index (χ3n) is 3.75. The van der Waals surface area contributed by atoms with Crippen molar-refractivity contribution in [1.82, 2.24) is 0 Å². The summed E-state index contributed by atoms with van der Waals surface area (Å²) in [5, 5.41) is 3.57. The summed E-state index contributed by atoms with van der Waals surface area (Å²) in [5.41, 5.74) is 1.53. The third kappa shape index (κ3) is 2.87. The first-order valence-corrected chi connectivity index (χ1v) is 8.00. The summed E-state index contributed by atoms with van der Waals surface area (Å²) in [5.74, 6) is -0.194. The number of nitrogens with one attached hydrogen (secondary N) is 1. The zero-order chi connectivity index (χ0) is 14.7. The number of hydrogen-bond acceptors (Lipinski definition) is 4. The van der Waals surface area contributed by atoms with Crippen LogP contribution in [0.2, 0.25) is 0 Å². The summed E-state index contributed by atoms with van der Waals surface area (Å²) in [6.45, 7) is 6.11. The van der Waals surface area contributed by atoms with Gasteiger partial charge in [0, 0.05) is 10.8 Å². The molecule has 0 radical (unpaired) electrons. The Kier molecular flexibility index (Phi) is 4.81. The van der Waals surface area contributed by atoms with Gasteiger partial charge in [-0.2, -0.15) is 0 Å². The van der Waals surface area contributed by atoms with Gasteiger partial charge in [0.2, 0.25) is 5.91 Å². The van der Waals surface area contributed by atoms with E-state index >= 15 is 0 Å². The number of rotatable bonds is 5. The standard InChI is InChI=1S/C15H21NO3S/c1-4-11-9(3)20-14(12(11)15(18)19-5-2)16-13(17)10-7-6-8-10/h10H,4-8H2,1-3H3,(H,16,17). The Bertz CT molecular complexity index is 517. The van der Waals surface area contributed by atoms with Gasteiger partial charge >= 0.3 is 5.97 Å². The van der Waals surface area contributed by atoms with Crippen molar-refractivity contribution in [2.24, 2.45) is 5.92 Å². The van der Waals surface area contributed by atoms with Gasteiger partial charge in [0.15, 0.2) is 0 Å². The molecule has 4 nitrogen and oxygen atoms in total. The average molecular weight is 295 g/mol. The number of esters is 1. The van der Waals surface area contributed by atoms with Crippen LogP contribution in [-0.4, -0.2) is 18.5 Å². The van der Waals surface area contributed by atoms with Crippen molar-refractivity contribution in [3.8, 4) is 0 Å². The minimum absolute atomic E-state index is 0.0331. The highest BCUT2D eigenvalue weighted by Crippen LogP contribution is 2.35. The summed E-state index contributed by atoms with van der Waals surface area (Å²) >= 11 is 1.47. The lowest BCUT2D eigenvalue weighted by molar-refractivity contribution is -0.122. The molecule has 1 aliphatic rings. The maximum atomic E-state index is 12.1. The van der Waals surface area contributed by atoms with Crippen LogP contribution >= 0.6 is 11.3 Å². The van der Waals surface area contributed by atoms with E-state index in [2.05, 4.69) is 5.32 Å². The van der Waals surface area contributed by atoms with Crippen LogP contribution in [0.25, 0.3) is 0 Å². The van der Waals surface area contributed by atoms with Crippen molar-refractivity contribution in [3.63, 3.8) is 0 Å². The van der Waals surface area contributed by atoms with E-state index in [1.807, 2.05) is 13.8 Å². The van der Waals surface area contributed by atoms with Crippen LogP contribution < -0.4 is 5.32 Å². The van der Waals surface area contributed by atoms with Gasteiger partial charge < -0.3 is 10.1 Å². The third-order valence-corrected chi connectivity index (χ3v) is 4.82. The molecule has 1 aromatic rings. The first kappa shape index (κ1) is 15.0. The van der Waals surface area contributed by atoms with Gasteiger partial charge in [0.1, 0.15) is 5.00 Å². The van der Waals surface area contributed by atoms with Crippen molar-refractivity contribution in [2.75, 3.05) is 11.9 Å². The zero-order valence-corrected chi connectivity index (χ0v) is 13.1. The molecule has 1 amide bonds. The predicted octanol–water partition coefficient (Wildman–Crippen LogP) is 3.53. The number of carbonyl (C=O) groups is 2. The maximum absolute atomic E-state index is 12.1. The van der Waals surface area contributed by atoms with Crippen molar-refractivity contribution >= 4 is 28.2 Å². The molecule has 5 heteroatoms. The number of aryl methyl sites for hydroxylation is 1. The average Bonchev–Trinajstić information content (AvgIpc) is 2.62. The summed E-state index contributed by atoms with van der Waals surface area (Å²) in [6.07, 6.45) is 3.78. The van der Waals surface area contributed by atoms with E-state index in [4.69, 9.17) is 4.74 Å². The topological polar surface area (TPSA) is 55.4 Å². The molecule has 1 aromatic heterocycles. The van der Waals surface area contributed by atoms with E-state index in [1.165, 1.54) is 11.3 Å². The maximum Gasteiger partial charge on any atom is 0.341 e. The van der Waals surface area contributed by atoms with Crippen LogP contribution in [0.15, 0.2) is 0 Å². The highest BCUT2D eigenvalue weighted by Gasteiger charge is 2.28. The molecule has 1 N–H and O–H groups in total. The minimum atomic E-state index is -0.336. The second kappa shape index (κ2) is 6.39. The highest BCUT2D eigenvalue weighted by atomic mass is 32.1. The fourth-order valence-corrected chi connectivity index (χ4v) is 3.53. The van der Waals surface area contributed by atoms with Crippen molar-refractivity contribution in [1.29, 1.82) is 0 Å². The van der Waals surface area contributed by atoms with Crippen molar-refractivity contribution in [3.05, 3.63) is 16.0 Å². The van der Waals surface area contributed by atoms with Gasteiger partial charge in [-0.15, -0.1) is 11.3 Å². The van der Waals surface area contributed by atoms with E-state index in [1.54, 1.807) is 6.92 Å². The zero-order valence-electron chi connectivity index (χ0n) is 12.2. The van der Waals surface area contributed by atoms with Crippen LogP contribution in [0.1, 0.15) is 53.9 Å². The summed E-state index contributed by atoms with van der Waals surface area (Å²) < 4.78 is 5.12. The molecule has 20 heavy (non-hydrogen) atoms. The smallest absolute Gasteiger partial charge is 0.341 e. The van der Waals surface area contributed by atoms with Crippen LogP contribution in [-0.2, 0) is 16.0 Å². The van der Waals surface area contributed by atoms with Crippen LogP contribution in [0.3, 0.4) is 0 Å². The molecule has 1 fully saturated rings. The molecule has 1 aliphatic carbocycles. The SMILES string of the molecule is CCOC(=O)c1c(NC(=O)C2CCC2)sc(C)c1CC. The molecular weight excluding hydrogens is 274 g/mol. The molecule has 0 aliphatic heterocycles. The molecule has 0 unspecified atom stereocenters. The Morgan fingerprint density at radius 3 is 2.55 bits per heavy atom. The second-order valence-corrected chi connectivity index (χ2v) is 6.26. The Balaban J connectivity index is 2.26. The van der Waals surface area contributed by atoms with Gasteiger partial charge in [0.05, 0.1) is 12.2 Å². The largest absolute Gasteiger partial charge is 0.462 e. The summed E-state index contributed by atoms with van der Waals surface area (Å²) in [6, 6.07) is 0. The number of anilines is 1. The molecule has 110 valence electrons. The van der Waals surface area contributed by atoms with Gasteiger partial charge in [0.25, 0.3) is 0 Å². The molecule has 0 saturated heterocycles. The Labute approximate surface area is 123 Å². The van der Waals surface area contributed by atoms with Gasteiger partial charge in [-0.25, -0.2) is 4.79 Å². The van der Waals surface area contributed by atoms with E-state index < -0.39 is 0 Å². The lowest BCUT2D eigenvalue weighted by atomic mass is 9.85. The Morgan fingerprint density at radius 1 is 1.35 bits per heavy atom. The number of thiophene rings is 1. The Morgan fingerprint density at radius 2 is 2.05 bits per heavy atom. The van der Waals surface area contributed by atoms with E-state index in [-0.39, 0.29) is 17.8 Å². The molecule has 2 rings (SSSR count). The number of amides is 1. The van der Waals surface area contributed by atoms with Crippen molar-refractivity contribution in [2.45, 2.75) is 46.5 Å². The van der Waals surface area contributed by atoms with E-state index in [9.17, 15) is 9.59 Å². The monoisotopic (exact) mass is 295 g/mol. The number of hydrogen-bond donors (Lipinski definition) is 1. The lowest BCUT2D eigenvalue weighted by Gasteiger charge is -2.23. The lowest BCUT2D eigenvalue weighted by Crippen LogP contribution is -2.28. The molecular formula is C15H21NO3S. The fourth-order valence-electron chi connectivity index (χ4n) is 2.40. The quantitative estimate of drug-likeness (QED) is 0.845. The van der Waals surface area contributed by atoms with Crippen LogP contribution in [0, 0.1) is 12.8 Å². The van der Waals surface area contributed by atoms with Crippen molar-refractivity contribution < 1.29 is 14.3 Å². The molecule has 0 spiro atoms. The predicted molar refractivity (Wildman–Crippen MR) is 80.4 cm³/mol. The molecule has 0 bridgehead atoms. The first-order chi connectivity index (χ1) is 9.58. The first-order valence-electron chi connectivity index (χ1n) is 7.18. The van der Waals surface area contributed by atoms with Gasteiger partial charge in [-0.05, 0) is 38.7 Å². The fraction of sp³-hybridized carbons (Fsp3) is 0.600. The molecule has 0 atom stereocenters. The number of carbonyl (C=O) groups excluding carboxylic acids is 2. The van der Waals surface area contributed by atoms with E-state index in [0.717, 1.165) is 36.1 Å². The van der Waals surface area contributed by atoms with Crippen LogP contribution in [0.4, 0.5) is 5.00 Å². The second-order valence-electron chi connectivity index (χ2n) is 5.03. The van der Waals surface area contributed by atoms with Crippen LogP contribution in [0.5, 0.6) is 0 Å². The normalized spacial score (nSPS) is 14.8. The number of ether oxygens (including phenoxy) is 1. The highest BCUT2D eigenvalue weighted by molar-refractivity contribution is 7.16. The molecule has 1 saturated carbocycles. The van der Waals surface area contributed by atoms with Gasteiger partial charge in [-0.3, -0.25) is 4.79 Å². The summed E-state index contributed by atoms with van der Waals surface area (Å²) in [4.78, 5) is 25.3. The summed E-state index contributed by atoms with van der Waals surface area (Å²) in [7, 11) is 0. The van der Waals surface area contributed by atoms with E-state index in [0.29, 0.717) is 17.2 Å². The molecule has 1 heterocycles. The van der Waals surface area contributed by atoms with Gasteiger partial charge in [-0.1, -0.05) is 13.3 Å². The molecule has 0 aromatic carbocycles. The minimum Gasteiger partial charge on any atom is -0.462 e. The Hall–Kier alpha value is -1.36.